The smallest absolute Gasteiger partial charge is 0.223 e. The second-order valence-corrected chi connectivity index (χ2v) is 7.96. The van der Waals surface area contributed by atoms with Gasteiger partial charge >= 0.3 is 0 Å². The molecule has 24 heavy (non-hydrogen) atoms. The number of hydrogen-bond donors (Lipinski definition) is 0. The highest BCUT2D eigenvalue weighted by Gasteiger charge is 2.25. The molecule has 0 aliphatic rings. The van der Waals surface area contributed by atoms with Crippen LogP contribution in [0.5, 0.6) is 5.75 Å². The van der Waals surface area contributed by atoms with E-state index in [9.17, 15) is 4.79 Å². The molecule has 0 spiro atoms. The van der Waals surface area contributed by atoms with E-state index in [2.05, 4.69) is 45.6 Å². The first kappa shape index (κ1) is 20.5. The van der Waals surface area contributed by atoms with Crippen molar-refractivity contribution >= 4 is 5.91 Å². The predicted molar refractivity (Wildman–Crippen MR) is 101 cm³/mol. The predicted octanol–water partition coefficient (Wildman–Crippen LogP) is 5.43. The summed E-state index contributed by atoms with van der Waals surface area (Å²) in [6.45, 7) is 11.4. The molecule has 0 aliphatic heterocycles. The van der Waals surface area contributed by atoms with Crippen LogP contribution in [0.1, 0.15) is 72.3 Å². The summed E-state index contributed by atoms with van der Waals surface area (Å²) < 4.78 is 5.31. The molecule has 1 aromatic carbocycles. The Balaban J connectivity index is 2.88. The monoisotopic (exact) mass is 333 g/mol. The molecule has 1 rings (SSSR count). The Morgan fingerprint density at radius 1 is 1.25 bits per heavy atom. The molecule has 0 heterocycles. The van der Waals surface area contributed by atoms with Gasteiger partial charge in [0.15, 0.2) is 0 Å². The average molecular weight is 334 g/mol. The van der Waals surface area contributed by atoms with Crippen LogP contribution in [-0.4, -0.2) is 24.0 Å². The maximum atomic E-state index is 12.9. The van der Waals surface area contributed by atoms with Gasteiger partial charge in [-0.3, -0.25) is 4.79 Å². The van der Waals surface area contributed by atoms with Gasteiger partial charge in [-0.05, 0) is 36.5 Å². The van der Waals surface area contributed by atoms with E-state index in [1.165, 1.54) is 19.3 Å². The highest BCUT2D eigenvalue weighted by molar-refractivity contribution is 5.77. The molecule has 0 bridgehead atoms. The fraction of sp³-hybridized carbons (Fsp3) is 0.667. The van der Waals surface area contributed by atoms with Crippen molar-refractivity contribution in [1.82, 2.24) is 4.90 Å². The molecule has 0 N–H and O–H groups in total. The Bertz CT molecular complexity index is 505. The van der Waals surface area contributed by atoms with Gasteiger partial charge in [0, 0.05) is 19.0 Å². The van der Waals surface area contributed by atoms with Gasteiger partial charge in [-0.1, -0.05) is 59.1 Å². The summed E-state index contributed by atoms with van der Waals surface area (Å²) in [6, 6.07) is 8.28. The maximum Gasteiger partial charge on any atom is 0.223 e. The molecular formula is C21H35NO2. The summed E-state index contributed by atoms with van der Waals surface area (Å²) in [5.74, 6) is 1.09. The van der Waals surface area contributed by atoms with Crippen molar-refractivity contribution < 1.29 is 9.53 Å². The van der Waals surface area contributed by atoms with Crippen molar-refractivity contribution in [2.75, 3.05) is 7.11 Å². The second kappa shape index (κ2) is 9.71. The standard InChI is InChI=1S/C21H35NO2/c1-7-8-9-11-17(2)22(20(23)15-21(3,4)5)16-18-12-10-13-19(14-18)24-6/h10,12-14,17H,7-9,11,15-16H2,1-6H3. The summed E-state index contributed by atoms with van der Waals surface area (Å²) in [7, 11) is 1.68. The fourth-order valence-electron chi connectivity index (χ4n) is 2.86. The fourth-order valence-corrected chi connectivity index (χ4v) is 2.86. The van der Waals surface area contributed by atoms with Crippen LogP contribution in [-0.2, 0) is 11.3 Å². The van der Waals surface area contributed by atoms with Crippen LogP contribution in [0, 0.1) is 5.41 Å². The topological polar surface area (TPSA) is 29.5 Å². The largest absolute Gasteiger partial charge is 0.497 e. The number of ether oxygens (including phenoxy) is 1. The zero-order valence-electron chi connectivity index (χ0n) is 16.4. The van der Waals surface area contributed by atoms with Crippen molar-refractivity contribution in [3.05, 3.63) is 29.8 Å². The number of benzene rings is 1. The zero-order valence-corrected chi connectivity index (χ0v) is 16.4. The first-order chi connectivity index (χ1) is 11.3. The van der Waals surface area contributed by atoms with Gasteiger partial charge in [0.2, 0.25) is 5.91 Å². The van der Waals surface area contributed by atoms with Crippen LogP contribution in [0.25, 0.3) is 0 Å². The van der Waals surface area contributed by atoms with Crippen molar-refractivity contribution in [1.29, 1.82) is 0 Å². The normalized spacial score (nSPS) is 12.8. The Labute approximate surface area is 148 Å². The van der Waals surface area contributed by atoms with Crippen molar-refractivity contribution in [2.24, 2.45) is 5.41 Å². The Morgan fingerprint density at radius 3 is 2.54 bits per heavy atom. The minimum atomic E-state index is 0.00680. The van der Waals surface area contributed by atoms with Crippen molar-refractivity contribution in [2.45, 2.75) is 79.3 Å². The first-order valence-corrected chi connectivity index (χ1v) is 9.19. The molecule has 0 aliphatic carbocycles. The molecule has 1 amide bonds. The number of nitrogens with zero attached hydrogens (tertiary/aromatic N) is 1. The number of hydrogen-bond acceptors (Lipinski definition) is 2. The van der Waals surface area contributed by atoms with Gasteiger partial charge in [-0.25, -0.2) is 0 Å². The molecule has 0 radical (unpaired) electrons. The van der Waals surface area contributed by atoms with Crippen LogP contribution < -0.4 is 4.74 Å². The number of carbonyl (C=O) groups is 1. The molecule has 0 fully saturated rings. The quantitative estimate of drug-likeness (QED) is 0.564. The van der Waals surface area contributed by atoms with E-state index in [0.717, 1.165) is 17.7 Å². The van der Waals surface area contributed by atoms with E-state index in [1.54, 1.807) is 7.11 Å². The molecule has 1 atom stereocenters. The van der Waals surface area contributed by atoms with E-state index in [0.29, 0.717) is 13.0 Å². The third-order valence-corrected chi connectivity index (χ3v) is 4.25. The van der Waals surface area contributed by atoms with Gasteiger partial charge in [-0.2, -0.15) is 0 Å². The van der Waals surface area contributed by atoms with Gasteiger partial charge in [-0.15, -0.1) is 0 Å². The first-order valence-electron chi connectivity index (χ1n) is 9.19. The number of carbonyl (C=O) groups excluding carboxylic acids is 1. The Hall–Kier alpha value is -1.51. The van der Waals surface area contributed by atoms with E-state index in [1.807, 2.05) is 18.2 Å². The summed E-state index contributed by atoms with van der Waals surface area (Å²) in [4.78, 5) is 14.9. The number of rotatable bonds is 9. The molecule has 0 saturated carbocycles. The number of amides is 1. The molecule has 1 aromatic rings. The number of unbranched alkanes of at least 4 members (excludes halogenated alkanes) is 2. The maximum absolute atomic E-state index is 12.9. The Morgan fingerprint density at radius 2 is 1.96 bits per heavy atom. The molecule has 3 nitrogen and oxygen atoms in total. The van der Waals surface area contributed by atoms with Gasteiger partial charge < -0.3 is 9.64 Å². The summed E-state index contributed by atoms with van der Waals surface area (Å²) in [5.41, 5.74) is 1.13. The highest BCUT2D eigenvalue weighted by atomic mass is 16.5. The molecule has 0 saturated heterocycles. The van der Waals surface area contributed by atoms with Gasteiger partial charge in [0.1, 0.15) is 5.75 Å². The van der Waals surface area contributed by atoms with E-state index >= 15 is 0 Å². The summed E-state index contributed by atoms with van der Waals surface area (Å²) in [6.07, 6.45) is 5.25. The lowest BCUT2D eigenvalue weighted by molar-refractivity contribution is -0.136. The van der Waals surface area contributed by atoms with Gasteiger partial charge in [0.05, 0.1) is 7.11 Å². The molecular weight excluding hydrogens is 298 g/mol. The van der Waals surface area contributed by atoms with Crippen molar-refractivity contribution in [3.63, 3.8) is 0 Å². The van der Waals surface area contributed by atoms with E-state index < -0.39 is 0 Å². The average Bonchev–Trinajstić information content (AvgIpc) is 2.51. The van der Waals surface area contributed by atoms with Gasteiger partial charge in [0.25, 0.3) is 0 Å². The lowest BCUT2D eigenvalue weighted by Crippen LogP contribution is -2.39. The molecule has 0 aromatic heterocycles. The summed E-state index contributed by atoms with van der Waals surface area (Å²) >= 11 is 0. The SMILES string of the molecule is CCCCCC(C)N(Cc1cccc(OC)c1)C(=O)CC(C)(C)C. The third kappa shape index (κ3) is 7.37. The lowest BCUT2D eigenvalue weighted by Gasteiger charge is -2.32. The minimum absolute atomic E-state index is 0.00680. The zero-order chi connectivity index (χ0) is 18.2. The minimum Gasteiger partial charge on any atom is -0.497 e. The van der Waals surface area contributed by atoms with E-state index in [-0.39, 0.29) is 17.4 Å². The van der Waals surface area contributed by atoms with Crippen molar-refractivity contribution in [3.8, 4) is 5.75 Å². The van der Waals surface area contributed by atoms with Crippen LogP contribution in [0.15, 0.2) is 24.3 Å². The number of methoxy groups -OCH3 is 1. The van der Waals surface area contributed by atoms with Crippen LogP contribution >= 0.6 is 0 Å². The third-order valence-electron chi connectivity index (χ3n) is 4.25. The highest BCUT2D eigenvalue weighted by Crippen LogP contribution is 2.24. The van der Waals surface area contributed by atoms with Crippen LogP contribution in [0.2, 0.25) is 0 Å². The van der Waals surface area contributed by atoms with Crippen LogP contribution in [0.4, 0.5) is 0 Å². The molecule has 1 unspecified atom stereocenters. The summed E-state index contributed by atoms with van der Waals surface area (Å²) in [5, 5.41) is 0. The molecule has 3 heteroatoms. The Kier molecular flexibility index (Phi) is 8.30. The lowest BCUT2D eigenvalue weighted by atomic mass is 9.91. The van der Waals surface area contributed by atoms with Crippen LogP contribution in [0.3, 0.4) is 0 Å². The second-order valence-electron chi connectivity index (χ2n) is 7.96. The van der Waals surface area contributed by atoms with E-state index in [4.69, 9.17) is 4.74 Å². The molecule has 136 valence electrons.